The van der Waals surface area contributed by atoms with Crippen molar-refractivity contribution < 1.29 is 0 Å². The van der Waals surface area contributed by atoms with Gasteiger partial charge in [-0.25, -0.2) is 4.98 Å². The molecule has 0 radical (unpaired) electrons. The summed E-state index contributed by atoms with van der Waals surface area (Å²) in [5.41, 5.74) is 2.12. The minimum absolute atomic E-state index is 0.839. The molecule has 0 saturated carbocycles. The highest BCUT2D eigenvalue weighted by atomic mass is 15.1. The molecule has 4 nitrogen and oxygen atoms in total. The van der Waals surface area contributed by atoms with E-state index in [1.165, 1.54) is 13.0 Å². The number of hydrogen-bond donors (Lipinski definition) is 1. The fraction of sp³-hybridized carbons (Fsp3) is 0.533. The smallest absolute Gasteiger partial charge is 0.137 e. The van der Waals surface area contributed by atoms with Crippen LogP contribution < -0.4 is 5.32 Å². The quantitative estimate of drug-likeness (QED) is 0.738. The molecule has 0 amide bonds. The zero-order chi connectivity index (χ0) is 13.5. The fourth-order valence-corrected chi connectivity index (χ4v) is 2.27. The second kappa shape index (κ2) is 7.26. The molecule has 2 rings (SSSR count). The second-order valence-corrected chi connectivity index (χ2v) is 4.81. The van der Waals surface area contributed by atoms with Crippen LogP contribution in [0.1, 0.15) is 26.0 Å². The van der Waals surface area contributed by atoms with Gasteiger partial charge < -0.3 is 14.6 Å². The van der Waals surface area contributed by atoms with Crippen LogP contribution in [0.4, 0.5) is 0 Å². The van der Waals surface area contributed by atoms with Gasteiger partial charge in [0, 0.05) is 32.0 Å². The standard InChI is InChI=1S/C15H24N4/c1-3-9-18(4-2)11-8-16-12-14-13-19-10-6-5-7-15(19)17-14/h5-7,10,13,16H,3-4,8-9,11-12H2,1-2H3. The monoisotopic (exact) mass is 260 g/mol. The molecule has 0 spiro atoms. The maximum absolute atomic E-state index is 4.57. The van der Waals surface area contributed by atoms with Crippen molar-refractivity contribution in [2.75, 3.05) is 26.2 Å². The van der Waals surface area contributed by atoms with Crippen molar-refractivity contribution in [1.29, 1.82) is 0 Å². The van der Waals surface area contributed by atoms with Crippen molar-refractivity contribution in [2.24, 2.45) is 0 Å². The maximum atomic E-state index is 4.57. The van der Waals surface area contributed by atoms with E-state index >= 15 is 0 Å². The number of likely N-dealkylation sites (N-methyl/N-ethyl adjacent to an activating group) is 1. The Labute approximate surface area is 115 Å². The van der Waals surface area contributed by atoms with Crippen LogP contribution in [0, 0.1) is 0 Å². The van der Waals surface area contributed by atoms with Gasteiger partial charge in [0.15, 0.2) is 0 Å². The molecule has 19 heavy (non-hydrogen) atoms. The van der Waals surface area contributed by atoms with E-state index in [0.29, 0.717) is 0 Å². The Morgan fingerprint density at radius 3 is 2.89 bits per heavy atom. The molecule has 0 fully saturated rings. The Morgan fingerprint density at radius 1 is 1.26 bits per heavy atom. The first-order valence-corrected chi connectivity index (χ1v) is 7.19. The normalized spacial score (nSPS) is 11.5. The van der Waals surface area contributed by atoms with Gasteiger partial charge in [-0.15, -0.1) is 0 Å². The lowest BCUT2D eigenvalue weighted by molar-refractivity contribution is 0.287. The summed E-state index contributed by atoms with van der Waals surface area (Å²) in [7, 11) is 0. The summed E-state index contributed by atoms with van der Waals surface area (Å²) in [6.07, 6.45) is 5.35. The molecule has 0 unspecified atom stereocenters. The van der Waals surface area contributed by atoms with Crippen LogP contribution >= 0.6 is 0 Å². The Hall–Kier alpha value is -1.39. The fourth-order valence-electron chi connectivity index (χ4n) is 2.27. The van der Waals surface area contributed by atoms with Crippen LogP contribution in [0.3, 0.4) is 0 Å². The van der Waals surface area contributed by atoms with Crippen molar-refractivity contribution in [1.82, 2.24) is 19.6 Å². The molecule has 0 bridgehead atoms. The summed E-state index contributed by atoms with van der Waals surface area (Å²) < 4.78 is 2.06. The van der Waals surface area contributed by atoms with Crippen LogP contribution in [0.25, 0.3) is 5.65 Å². The number of nitrogens with zero attached hydrogens (tertiary/aromatic N) is 3. The van der Waals surface area contributed by atoms with Gasteiger partial charge in [-0.1, -0.05) is 19.9 Å². The molecule has 0 aliphatic carbocycles. The van der Waals surface area contributed by atoms with E-state index in [0.717, 1.165) is 37.5 Å². The highest BCUT2D eigenvalue weighted by Gasteiger charge is 2.02. The Kier molecular flexibility index (Phi) is 5.36. The summed E-state index contributed by atoms with van der Waals surface area (Å²) in [6, 6.07) is 6.07. The van der Waals surface area contributed by atoms with Crippen LogP contribution in [0.15, 0.2) is 30.6 Å². The predicted octanol–water partition coefficient (Wildman–Crippen LogP) is 2.16. The van der Waals surface area contributed by atoms with Crippen molar-refractivity contribution in [3.63, 3.8) is 0 Å². The summed E-state index contributed by atoms with van der Waals surface area (Å²) in [6.45, 7) is 9.73. The van der Waals surface area contributed by atoms with Crippen LogP contribution in [0.2, 0.25) is 0 Å². The molecular formula is C15H24N4. The van der Waals surface area contributed by atoms with Gasteiger partial charge >= 0.3 is 0 Å². The van der Waals surface area contributed by atoms with E-state index in [4.69, 9.17) is 0 Å². The van der Waals surface area contributed by atoms with Crippen molar-refractivity contribution >= 4 is 5.65 Å². The SMILES string of the molecule is CCCN(CC)CCNCc1cn2ccccc2n1. The largest absolute Gasteiger partial charge is 0.310 e. The average molecular weight is 260 g/mol. The Bertz CT molecular complexity index is 459. The van der Waals surface area contributed by atoms with E-state index in [2.05, 4.69) is 39.6 Å². The molecule has 1 N–H and O–H groups in total. The van der Waals surface area contributed by atoms with Gasteiger partial charge in [-0.2, -0.15) is 0 Å². The molecule has 104 valence electrons. The number of pyridine rings is 1. The summed E-state index contributed by atoms with van der Waals surface area (Å²) >= 11 is 0. The third-order valence-electron chi connectivity index (χ3n) is 3.31. The minimum atomic E-state index is 0.839. The van der Waals surface area contributed by atoms with Gasteiger partial charge in [-0.3, -0.25) is 0 Å². The van der Waals surface area contributed by atoms with Gasteiger partial charge in [0.2, 0.25) is 0 Å². The molecule has 0 aliphatic heterocycles. The first-order valence-electron chi connectivity index (χ1n) is 7.19. The third-order valence-corrected chi connectivity index (χ3v) is 3.31. The van der Waals surface area contributed by atoms with Crippen LogP contribution in [0.5, 0.6) is 0 Å². The lowest BCUT2D eigenvalue weighted by Crippen LogP contribution is -2.32. The topological polar surface area (TPSA) is 32.6 Å². The average Bonchev–Trinajstić information content (AvgIpc) is 2.85. The number of rotatable bonds is 8. The Balaban J connectivity index is 1.76. The molecular weight excluding hydrogens is 236 g/mol. The van der Waals surface area contributed by atoms with Crippen molar-refractivity contribution in [2.45, 2.75) is 26.8 Å². The minimum Gasteiger partial charge on any atom is -0.310 e. The van der Waals surface area contributed by atoms with Crippen molar-refractivity contribution in [3.05, 3.63) is 36.3 Å². The van der Waals surface area contributed by atoms with E-state index < -0.39 is 0 Å². The van der Waals surface area contributed by atoms with Gasteiger partial charge in [0.25, 0.3) is 0 Å². The highest BCUT2D eigenvalue weighted by molar-refractivity contribution is 5.39. The third kappa shape index (κ3) is 4.04. The summed E-state index contributed by atoms with van der Waals surface area (Å²) in [5.74, 6) is 0. The molecule has 2 aromatic heterocycles. The number of nitrogens with one attached hydrogen (secondary N) is 1. The van der Waals surface area contributed by atoms with Crippen LogP contribution in [-0.2, 0) is 6.54 Å². The number of imidazole rings is 1. The Morgan fingerprint density at radius 2 is 2.16 bits per heavy atom. The van der Waals surface area contributed by atoms with Gasteiger partial charge in [-0.05, 0) is 31.6 Å². The van der Waals surface area contributed by atoms with E-state index in [9.17, 15) is 0 Å². The number of fused-ring (bicyclic) bond motifs is 1. The zero-order valence-electron chi connectivity index (χ0n) is 12.0. The molecule has 0 saturated heterocycles. The van der Waals surface area contributed by atoms with Crippen LogP contribution in [-0.4, -0.2) is 40.5 Å². The lowest BCUT2D eigenvalue weighted by Gasteiger charge is -2.19. The molecule has 2 heterocycles. The van der Waals surface area contributed by atoms with E-state index in [1.54, 1.807) is 0 Å². The first-order chi connectivity index (χ1) is 9.33. The number of aromatic nitrogens is 2. The molecule has 2 aromatic rings. The molecule has 4 heteroatoms. The van der Waals surface area contributed by atoms with E-state index in [1.807, 2.05) is 24.4 Å². The molecule has 0 atom stereocenters. The predicted molar refractivity (Wildman–Crippen MR) is 79.3 cm³/mol. The molecule has 0 aliphatic rings. The maximum Gasteiger partial charge on any atom is 0.137 e. The number of hydrogen-bond acceptors (Lipinski definition) is 3. The van der Waals surface area contributed by atoms with Gasteiger partial charge in [0.1, 0.15) is 5.65 Å². The summed E-state index contributed by atoms with van der Waals surface area (Å²) in [5, 5.41) is 3.47. The highest BCUT2D eigenvalue weighted by Crippen LogP contribution is 2.03. The summed E-state index contributed by atoms with van der Waals surface area (Å²) in [4.78, 5) is 7.04. The lowest BCUT2D eigenvalue weighted by atomic mass is 10.4. The molecule has 0 aromatic carbocycles. The zero-order valence-corrected chi connectivity index (χ0v) is 12.0. The second-order valence-electron chi connectivity index (χ2n) is 4.81. The van der Waals surface area contributed by atoms with E-state index in [-0.39, 0.29) is 0 Å². The first kappa shape index (κ1) is 14.0. The van der Waals surface area contributed by atoms with Crippen molar-refractivity contribution in [3.8, 4) is 0 Å². The van der Waals surface area contributed by atoms with Gasteiger partial charge in [0.05, 0.1) is 5.69 Å².